The van der Waals surface area contributed by atoms with E-state index < -0.39 is 73.7 Å². The highest BCUT2D eigenvalue weighted by molar-refractivity contribution is 7.92. The van der Waals surface area contributed by atoms with Crippen molar-refractivity contribution in [1.29, 1.82) is 0 Å². The van der Waals surface area contributed by atoms with Crippen LogP contribution in [0.2, 0.25) is 0 Å². The second-order valence-corrected chi connectivity index (χ2v) is 18.4. The van der Waals surface area contributed by atoms with Gasteiger partial charge < -0.3 is 26.2 Å². The minimum atomic E-state index is -3.35. The van der Waals surface area contributed by atoms with Crippen molar-refractivity contribution in [2.75, 3.05) is 18.8 Å². The number of nitrogens with zero attached hydrogens (tertiary/aromatic N) is 1. The minimum absolute atomic E-state index is 0.0606. The largest absolute Gasteiger partial charge is 0.346 e. The maximum Gasteiger partial charge on any atom is 0.315 e. The summed E-state index contributed by atoms with van der Waals surface area (Å²) in [5, 5.41) is 10.6. The first-order valence-corrected chi connectivity index (χ1v) is 19.5. The average molecular weight is 692 g/mol. The third-order valence-electron chi connectivity index (χ3n) is 11.3. The van der Waals surface area contributed by atoms with Crippen LogP contribution < -0.4 is 21.3 Å². The molecule has 2 heterocycles. The quantitative estimate of drug-likeness (QED) is 0.170. The van der Waals surface area contributed by atoms with Gasteiger partial charge in [0.15, 0.2) is 9.84 Å². The van der Waals surface area contributed by atoms with Crippen molar-refractivity contribution in [3.8, 4) is 0 Å². The molecule has 13 heteroatoms. The van der Waals surface area contributed by atoms with E-state index in [4.69, 9.17) is 0 Å². The molecule has 0 aromatic rings. The number of sulfone groups is 1. The summed E-state index contributed by atoms with van der Waals surface area (Å²) in [5.74, 6) is -2.41. The molecule has 4 N–H and O–H groups in total. The molecule has 5 amide bonds. The number of ketones is 1. The summed E-state index contributed by atoms with van der Waals surface area (Å²) in [5.41, 5.74) is -1.84. The Balaban J connectivity index is 1.55. The number of unbranched alkanes of at least 4 members (excludes halogenated alkanes) is 1. The number of hydrogen-bond donors (Lipinski definition) is 4. The summed E-state index contributed by atoms with van der Waals surface area (Å²) in [6.45, 7) is 15.6. The molecule has 2 saturated carbocycles. The van der Waals surface area contributed by atoms with Crippen LogP contribution in [0, 0.1) is 22.7 Å². The van der Waals surface area contributed by atoms with E-state index in [0.29, 0.717) is 38.6 Å². The number of rotatable bonds is 13. The van der Waals surface area contributed by atoms with Gasteiger partial charge in [-0.15, -0.1) is 6.58 Å². The molecular weight excluding hydrogens is 634 g/mol. The predicted molar refractivity (Wildman–Crippen MR) is 183 cm³/mol. The van der Waals surface area contributed by atoms with Gasteiger partial charge in [0.1, 0.15) is 12.1 Å². The van der Waals surface area contributed by atoms with Crippen molar-refractivity contribution >= 4 is 39.4 Å². The highest BCUT2D eigenvalue weighted by Gasteiger charge is 2.70. The van der Waals surface area contributed by atoms with E-state index in [2.05, 4.69) is 41.7 Å². The van der Waals surface area contributed by atoms with E-state index in [1.807, 2.05) is 27.7 Å². The van der Waals surface area contributed by atoms with E-state index in [9.17, 15) is 32.4 Å². The fraction of sp³-hybridized carbons (Fsp3) is 0.800. The smallest absolute Gasteiger partial charge is 0.315 e. The average Bonchev–Trinajstić information content (AvgIpc) is 3.33. The van der Waals surface area contributed by atoms with Crippen molar-refractivity contribution < 1.29 is 32.4 Å². The topological polar surface area (TPSA) is 171 Å². The highest BCUT2D eigenvalue weighted by atomic mass is 32.2. The van der Waals surface area contributed by atoms with E-state index >= 15 is 0 Å². The SMILES string of the molecule is C=CCNC(=O)C(=O)C(CCCC)NC(=O)[C@@H]1[C@@H]2[C@H](CN1C(=O)[C@@H](NC(=O)NC1([C@H]3CCCS3(=O)=O)CCCCC1)C(C)(C)C)C2(C)C. The molecule has 1 unspecified atom stereocenters. The molecule has 6 atom stereocenters. The lowest BCUT2D eigenvalue weighted by Crippen LogP contribution is -2.65. The van der Waals surface area contributed by atoms with Crippen molar-refractivity contribution in [2.24, 2.45) is 22.7 Å². The maximum absolute atomic E-state index is 14.4. The van der Waals surface area contributed by atoms with Gasteiger partial charge in [-0.25, -0.2) is 13.2 Å². The van der Waals surface area contributed by atoms with Crippen LogP contribution in [-0.2, 0) is 29.0 Å². The molecule has 2 aliphatic carbocycles. The van der Waals surface area contributed by atoms with Gasteiger partial charge in [0.05, 0.1) is 22.6 Å². The Hall–Kier alpha value is -2.96. The summed E-state index contributed by atoms with van der Waals surface area (Å²) in [6, 6.07) is -3.53. The monoisotopic (exact) mass is 691 g/mol. The number of likely N-dealkylation sites (tertiary alicyclic amines) is 1. The van der Waals surface area contributed by atoms with Crippen LogP contribution in [0.15, 0.2) is 12.7 Å². The zero-order chi connectivity index (χ0) is 35.7. The Morgan fingerprint density at radius 2 is 1.69 bits per heavy atom. The van der Waals surface area contributed by atoms with Crippen molar-refractivity contribution in [3.63, 3.8) is 0 Å². The van der Waals surface area contributed by atoms with Crippen LogP contribution in [0.5, 0.6) is 0 Å². The molecule has 0 aromatic carbocycles. The Labute approximate surface area is 286 Å². The lowest BCUT2D eigenvalue weighted by Gasteiger charge is -2.43. The number of carbonyl (C=O) groups is 5. The summed E-state index contributed by atoms with van der Waals surface area (Å²) in [7, 11) is -3.35. The van der Waals surface area contributed by atoms with E-state index in [1.54, 1.807) is 0 Å². The molecule has 0 spiro atoms. The van der Waals surface area contributed by atoms with Gasteiger partial charge in [0.2, 0.25) is 17.6 Å². The van der Waals surface area contributed by atoms with E-state index in [-0.39, 0.29) is 36.0 Å². The number of amides is 5. The number of nitrogens with one attached hydrogen (secondary N) is 4. The Morgan fingerprint density at radius 3 is 2.25 bits per heavy atom. The highest BCUT2D eigenvalue weighted by Crippen LogP contribution is 2.65. The van der Waals surface area contributed by atoms with Crippen LogP contribution in [0.4, 0.5) is 4.79 Å². The number of Topliss-reactive ketones (excluding diaryl/α,β-unsaturated/α-hetero) is 1. The second-order valence-electron chi connectivity index (χ2n) is 16.1. The van der Waals surface area contributed by atoms with Gasteiger partial charge in [-0.05, 0) is 54.8 Å². The molecule has 2 aliphatic heterocycles. The molecular formula is C35H57N5O7S. The fourth-order valence-corrected chi connectivity index (χ4v) is 10.8. The van der Waals surface area contributed by atoms with Crippen molar-refractivity contribution in [3.05, 3.63) is 12.7 Å². The van der Waals surface area contributed by atoms with E-state index in [1.165, 1.54) is 11.0 Å². The molecule has 4 aliphatic rings. The fourth-order valence-electron chi connectivity index (χ4n) is 8.49. The summed E-state index contributed by atoms with van der Waals surface area (Å²) in [6.07, 6.45) is 7.93. The number of carbonyl (C=O) groups excluding carboxylic acids is 5. The van der Waals surface area contributed by atoms with Gasteiger partial charge >= 0.3 is 6.03 Å². The summed E-state index contributed by atoms with van der Waals surface area (Å²) in [4.78, 5) is 69.4. The molecule has 0 aromatic heterocycles. The summed E-state index contributed by atoms with van der Waals surface area (Å²) < 4.78 is 26.1. The number of urea groups is 1. The Kier molecular flexibility index (Phi) is 11.4. The first kappa shape index (κ1) is 37.9. The summed E-state index contributed by atoms with van der Waals surface area (Å²) >= 11 is 0. The molecule has 0 radical (unpaired) electrons. The molecule has 4 rings (SSSR count). The minimum Gasteiger partial charge on any atom is -0.346 e. The number of fused-ring (bicyclic) bond motifs is 1. The zero-order valence-electron chi connectivity index (χ0n) is 29.7. The Bertz CT molecular complexity index is 1380. The van der Waals surface area contributed by atoms with Crippen LogP contribution in [-0.4, -0.2) is 90.6 Å². The van der Waals surface area contributed by atoms with Gasteiger partial charge in [0.25, 0.3) is 5.91 Å². The van der Waals surface area contributed by atoms with Gasteiger partial charge in [-0.2, -0.15) is 0 Å². The van der Waals surface area contributed by atoms with Crippen LogP contribution in [0.25, 0.3) is 0 Å². The molecule has 48 heavy (non-hydrogen) atoms. The molecule has 2 saturated heterocycles. The zero-order valence-corrected chi connectivity index (χ0v) is 30.5. The van der Waals surface area contributed by atoms with Gasteiger partial charge in [-0.3, -0.25) is 19.2 Å². The van der Waals surface area contributed by atoms with Crippen molar-refractivity contribution in [1.82, 2.24) is 26.2 Å². The standard InChI is InChI=1S/C35H57N5O7S/c1-8-10-15-23(27(41)30(43)36-19-9-2)37-29(42)26-25-22(34(25,6)7)21-40(26)31(44)28(33(3,4)5)38-32(45)39-35(17-12-11-13-18-35)24-16-14-20-48(24,46)47/h9,22-26,28H,2,8,10-21H2,1,3-7H3,(H,36,43)(H,37,42)(H2,38,39,45)/t22-,23?,24+,25-,26-,28+/m0/s1. The van der Waals surface area contributed by atoms with Crippen LogP contribution >= 0.6 is 0 Å². The maximum atomic E-state index is 14.4. The first-order chi connectivity index (χ1) is 22.4. The lowest BCUT2D eigenvalue weighted by molar-refractivity contribution is -0.145. The van der Waals surface area contributed by atoms with Gasteiger partial charge in [0, 0.05) is 13.1 Å². The molecule has 270 valence electrons. The second kappa shape index (κ2) is 14.5. The third kappa shape index (κ3) is 7.75. The third-order valence-corrected chi connectivity index (χ3v) is 13.7. The predicted octanol–water partition coefficient (Wildman–Crippen LogP) is 3.01. The molecule has 12 nitrogen and oxygen atoms in total. The van der Waals surface area contributed by atoms with Gasteiger partial charge in [-0.1, -0.05) is 79.7 Å². The number of piperidine rings is 1. The van der Waals surface area contributed by atoms with Crippen molar-refractivity contribution in [2.45, 2.75) is 135 Å². The lowest BCUT2D eigenvalue weighted by atomic mass is 9.78. The van der Waals surface area contributed by atoms with E-state index in [0.717, 1.165) is 25.7 Å². The number of hydrogen-bond acceptors (Lipinski definition) is 7. The van der Waals surface area contributed by atoms with Crippen LogP contribution in [0.1, 0.15) is 106 Å². The molecule has 0 bridgehead atoms. The first-order valence-electron chi connectivity index (χ1n) is 17.8. The van der Waals surface area contributed by atoms with Crippen LogP contribution in [0.3, 0.4) is 0 Å². The Morgan fingerprint density at radius 1 is 1.02 bits per heavy atom. The molecule has 4 fully saturated rings. The normalized spacial score (nSPS) is 27.9.